The second kappa shape index (κ2) is 6.52. The predicted octanol–water partition coefficient (Wildman–Crippen LogP) is 2.77. The van der Waals surface area contributed by atoms with Crippen LogP contribution >= 0.6 is 0 Å². The molecule has 2 heterocycles. The van der Waals surface area contributed by atoms with Crippen LogP contribution in [0, 0.1) is 13.8 Å². The summed E-state index contributed by atoms with van der Waals surface area (Å²) in [5, 5.41) is 8.54. The number of hydrogen-bond donors (Lipinski definition) is 0. The maximum atomic E-state index is 4.39. The lowest BCUT2D eigenvalue weighted by molar-refractivity contribution is 0.169. The molecule has 2 aliphatic rings. The Bertz CT molecular complexity index is 719. The van der Waals surface area contributed by atoms with Crippen molar-refractivity contribution in [1.82, 2.24) is 15.1 Å². The van der Waals surface area contributed by atoms with Crippen LogP contribution in [0.4, 0.5) is 5.82 Å². The van der Waals surface area contributed by atoms with Crippen molar-refractivity contribution in [3.8, 4) is 0 Å². The highest BCUT2D eigenvalue weighted by Gasteiger charge is 2.28. The maximum absolute atomic E-state index is 4.39. The molecule has 0 spiro atoms. The molecular formula is C20H26N4. The predicted molar refractivity (Wildman–Crippen MR) is 97.5 cm³/mol. The fraction of sp³-hybridized carbons (Fsp3) is 0.500. The molecule has 0 N–H and O–H groups in total. The molecule has 4 rings (SSSR count). The van der Waals surface area contributed by atoms with Crippen molar-refractivity contribution in [2.75, 3.05) is 31.1 Å². The third-order valence-corrected chi connectivity index (χ3v) is 5.78. The van der Waals surface area contributed by atoms with Gasteiger partial charge in [-0.3, -0.25) is 4.90 Å². The molecule has 1 fully saturated rings. The topological polar surface area (TPSA) is 32.3 Å². The van der Waals surface area contributed by atoms with Gasteiger partial charge < -0.3 is 4.90 Å². The van der Waals surface area contributed by atoms with Crippen LogP contribution in [0.2, 0.25) is 0 Å². The molecule has 1 unspecified atom stereocenters. The second-order valence-corrected chi connectivity index (χ2v) is 7.16. The maximum Gasteiger partial charge on any atom is 0.154 e. The minimum atomic E-state index is 0.701. The van der Waals surface area contributed by atoms with Crippen LogP contribution in [0.5, 0.6) is 0 Å². The number of piperazine rings is 1. The van der Waals surface area contributed by atoms with Gasteiger partial charge in [0.15, 0.2) is 5.82 Å². The molecule has 2 aromatic rings. The van der Waals surface area contributed by atoms with Crippen LogP contribution in [-0.4, -0.2) is 47.3 Å². The molecule has 0 amide bonds. The van der Waals surface area contributed by atoms with E-state index in [-0.39, 0.29) is 0 Å². The van der Waals surface area contributed by atoms with Gasteiger partial charge in [0.1, 0.15) is 0 Å². The molecule has 4 heteroatoms. The number of aromatic nitrogens is 2. The number of benzene rings is 1. The quantitative estimate of drug-likeness (QED) is 0.851. The van der Waals surface area contributed by atoms with Crippen molar-refractivity contribution >= 4 is 5.82 Å². The van der Waals surface area contributed by atoms with Gasteiger partial charge in [0, 0.05) is 32.2 Å². The van der Waals surface area contributed by atoms with Crippen LogP contribution in [-0.2, 0) is 12.8 Å². The van der Waals surface area contributed by atoms with E-state index in [4.69, 9.17) is 0 Å². The molecule has 1 atom stereocenters. The Kier molecular flexibility index (Phi) is 4.23. The van der Waals surface area contributed by atoms with E-state index in [0.717, 1.165) is 32.0 Å². The molecule has 0 bridgehead atoms. The van der Waals surface area contributed by atoms with Gasteiger partial charge in [-0.25, -0.2) is 0 Å². The van der Waals surface area contributed by atoms with Gasteiger partial charge in [-0.05, 0) is 55.4 Å². The lowest BCUT2D eigenvalue weighted by Crippen LogP contribution is -2.52. The fourth-order valence-electron chi connectivity index (χ4n) is 4.11. The first-order valence-electron chi connectivity index (χ1n) is 9.07. The van der Waals surface area contributed by atoms with Gasteiger partial charge in [-0.15, -0.1) is 5.10 Å². The monoisotopic (exact) mass is 322 g/mol. The zero-order valence-electron chi connectivity index (χ0n) is 14.7. The zero-order valence-corrected chi connectivity index (χ0v) is 14.7. The van der Waals surface area contributed by atoms with Gasteiger partial charge in [-0.1, -0.05) is 24.3 Å². The Morgan fingerprint density at radius 3 is 2.54 bits per heavy atom. The molecule has 1 aliphatic carbocycles. The summed E-state index contributed by atoms with van der Waals surface area (Å²) in [4.78, 5) is 5.09. The van der Waals surface area contributed by atoms with Gasteiger partial charge in [-0.2, -0.15) is 5.10 Å². The first-order chi connectivity index (χ1) is 11.7. The highest BCUT2D eigenvalue weighted by Crippen LogP contribution is 2.26. The normalized spacial score (nSPS) is 21.6. The van der Waals surface area contributed by atoms with E-state index in [2.05, 4.69) is 58.1 Å². The fourth-order valence-corrected chi connectivity index (χ4v) is 4.11. The number of nitrogens with zero attached hydrogens (tertiary/aromatic N) is 4. The smallest absolute Gasteiger partial charge is 0.154 e. The third-order valence-electron chi connectivity index (χ3n) is 5.78. The minimum Gasteiger partial charge on any atom is -0.352 e. The molecular weight excluding hydrogens is 296 g/mol. The molecule has 1 aliphatic heterocycles. The second-order valence-electron chi connectivity index (χ2n) is 7.16. The lowest BCUT2D eigenvalue weighted by atomic mass is 9.87. The molecule has 4 nitrogen and oxygen atoms in total. The molecule has 1 aromatic heterocycles. The summed E-state index contributed by atoms with van der Waals surface area (Å²) < 4.78 is 0. The van der Waals surface area contributed by atoms with Crippen LogP contribution in [0.1, 0.15) is 28.7 Å². The van der Waals surface area contributed by atoms with Crippen molar-refractivity contribution in [3.63, 3.8) is 0 Å². The van der Waals surface area contributed by atoms with Crippen molar-refractivity contribution in [2.45, 2.75) is 39.2 Å². The number of fused-ring (bicyclic) bond motifs is 1. The number of hydrogen-bond acceptors (Lipinski definition) is 4. The summed E-state index contributed by atoms with van der Waals surface area (Å²) >= 11 is 0. The van der Waals surface area contributed by atoms with Crippen LogP contribution in [0.3, 0.4) is 0 Å². The summed E-state index contributed by atoms with van der Waals surface area (Å²) in [6.07, 6.45) is 5.58. The number of aryl methyl sites for hydroxylation is 2. The highest BCUT2D eigenvalue weighted by atomic mass is 15.3. The Hall–Kier alpha value is -1.94. The van der Waals surface area contributed by atoms with Gasteiger partial charge >= 0.3 is 0 Å². The SMILES string of the molecule is Cc1cnnc(N2CCN(C3CCc4ccccc4C3)CC2)c1C. The molecule has 0 saturated carbocycles. The lowest BCUT2D eigenvalue weighted by Gasteiger charge is -2.41. The number of anilines is 1. The average molecular weight is 322 g/mol. The van der Waals surface area contributed by atoms with Crippen molar-refractivity contribution in [1.29, 1.82) is 0 Å². The highest BCUT2D eigenvalue weighted by molar-refractivity contribution is 5.48. The van der Waals surface area contributed by atoms with Gasteiger partial charge in [0.05, 0.1) is 6.20 Å². The standard InChI is InChI=1S/C20H26N4/c1-15-14-21-22-20(16(15)2)24-11-9-23(10-12-24)19-8-7-17-5-3-4-6-18(17)13-19/h3-6,14,19H,7-13H2,1-2H3. The van der Waals surface area contributed by atoms with Crippen molar-refractivity contribution in [3.05, 3.63) is 52.7 Å². The van der Waals surface area contributed by atoms with E-state index < -0.39 is 0 Å². The molecule has 1 aromatic carbocycles. The molecule has 0 radical (unpaired) electrons. The Morgan fingerprint density at radius 1 is 1.00 bits per heavy atom. The summed E-state index contributed by atoms with van der Waals surface area (Å²) in [5.74, 6) is 1.07. The summed E-state index contributed by atoms with van der Waals surface area (Å²) in [6.45, 7) is 8.63. The summed E-state index contributed by atoms with van der Waals surface area (Å²) in [6, 6.07) is 9.65. The molecule has 24 heavy (non-hydrogen) atoms. The van der Waals surface area contributed by atoms with Gasteiger partial charge in [0.2, 0.25) is 0 Å². The van der Waals surface area contributed by atoms with E-state index in [9.17, 15) is 0 Å². The largest absolute Gasteiger partial charge is 0.352 e. The van der Waals surface area contributed by atoms with Crippen LogP contribution in [0.15, 0.2) is 30.5 Å². The molecule has 126 valence electrons. The van der Waals surface area contributed by atoms with E-state index in [0.29, 0.717) is 6.04 Å². The van der Waals surface area contributed by atoms with Crippen molar-refractivity contribution in [2.24, 2.45) is 0 Å². The van der Waals surface area contributed by atoms with Crippen molar-refractivity contribution < 1.29 is 0 Å². The van der Waals surface area contributed by atoms with Crippen LogP contribution in [0.25, 0.3) is 0 Å². The molecule has 1 saturated heterocycles. The van der Waals surface area contributed by atoms with E-state index in [1.54, 1.807) is 11.1 Å². The number of rotatable bonds is 2. The average Bonchev–Trinajstić information content (AvgIpc) is 2.64. The van der Waals surface area contributed by atoms with E-state index in [1.165, 1.54) is 30.4 Å². The van der Waals surface area contributed by atoms with Crippen LogP contribution < -0.4 is 4.90 Å². The Labute approximate surface area is 144 Å². The zero-order chi connectivity index (χ0) is 16.5. The van der Waals surface area contributed by atoms with E-state index in [1.807, 2.05) is 6.20 Å². The third kappa shape index (κ3) is 2.91. The first kappa shape index (κ1) is 15.6. The minimum absolute atomic E-state index is 0.701. The van der Waals surface area contributed by atoms with Gasteiger partial charge in [0.25, 0.3) is 0 Å². The first-order valence-corrected chi connectivity index (χ1v) is 9.07. The Morgan fingerprint density at radius 2 is 1.75 bits per heavy atom. The Balaban J connectivity index is 1.41. The summed E-state index contributed by atoms with van der Waals surface area (Å²) in [7, 11) is 0. The van der Waals surface area contributed by atoms with E-state index >= 15 is 0 Å². The summed E-state index contributed by atoms with van der Waals surface area (Å²) in [5.41, 5.74) is 5.60.